The van der Waals surface area contributed by atoms with Gasteiger partial charge >= 0.3 is 6.18 Å². The summed E-state index contributed by atoms with van der Waals surface area (Å²) in [4.78, 5) is 1.26. The molecule has 0 fully saturated rings. The second kappa shape index (κ2) is 5.58. The van der Waals surface area contributed by atoms with Crippen molar-refractivity contribution in [2.75, 3.05) is 0 Å². The van der Waals surface area contributed by atoms with Crippen LogP contribution in [0.4, 0.5) is 13.2 Å². The van der Waals surface area contributed by atoms with Gasteiger partial charge in [0.1, 0.15) is 0 Å². The molecule has 1 aromatic carbocycles. The lowest BCUT2D eigenvalue weighted by Crippen LogP contribution is -2.16. The highest BCUT2D eigenvalue weighted by molar-refractivity contribution is 5.26. The SMILES string of the molecule is Cn1nnc(CC(O)Cc2cccc(C(F)(F)F)c2)n1. The standard InChI is InChI=1S/C12H13F3N4O/c1-19-17-11(16-18-19)7-10(20)6-8-3-2-4-9(5-8)12(13,14)15/h2-5,10,20H,6-7H2,1H3. The highest BCUT2D eigenvalue weighted by atomic mass is 19.4. The zero-order valence-electron chi connectivity index (χ0n) is 10.7. The summed E-state index contributed by atoms with van der Waals surface area (Å²) in [5, 5.41) is 21.1. The van der Waals surface area contributed by atoms with Crippen LogP contribution in [0.5, 0.6) is 0 Å². The molecule has 0 spiro atoms. The minimum absolute atomic E-state index is 0.0994. The number of benzene rings is 1. The summed E-state index contributed by atoms with van der Waals surface area (Å²) in [5.41, 5.74) is -0.309. The van der Waals surface area contributed by atoms with E-state index in [0.717, 1.165) is 12.1 Å². The molecule has 5 nitrogen and oxygen atoms in total. The molecule has 0 saturated heterocycles. The molecule has 8 heteroatoms. The maximum atomic E-state index is 12.6. The largest absolute Gasteiger partial charge is 0.416 e. The number of halogens is 3. The van der Waals surface area contributed by atoms with E-state index in [2.05, 4.69) is 15.4 Å². The van der Waals surface area contributed by atoms with E-state index in [-0.39, 0.29) is 12.8 Å². The van der Waals surface area contributed by atoms with Gasteiger partial charge in [-0.2, -0.15) is 18.0 Å². The molecule has 1 aromatic heterocycles. The maximum Gasteiger partial charge on any atom is 0.416 e. The predicted octanol–water partition coefficient (Wildman–Crippen LogP) is 1.37. The van der Waals surface area contributed by atoms with Gasteiger partial charge in [0.05, 0.1) is 18.7 Å². The van der Waals surface area contributed by atoms with Crippen molar-refractivity contribution in [1.82, 2.24) is 20.2 Å². The van der Waals surface area contributed by atoms with Crippen LogP contribution in [-0.2, 0) is 26.1 Å². The van der Waals surface area contributed by atoms with Crippen LogP contribution in [0.15, 0.2) is 24.3 Å². The van der Waals surface area contributed by atoms with Gasteiger partial charge in [-0.15, -0.1) is 10.2 Å². The molecule has 0 bridgehead atoms. The first-order valence-electron chi connectivity index (χ1n) is 5.91. The highest BCUT2D eigenvalue weighted by Gasteiger charge is 2.30. The first-order valence-corrected chi connectivity index (χ1v) is 5.91. The van der Waals surface area contributed by atoms with Crippen molar-refractivity contribution in [3.63, 3.8) is 0 Å². The van der Waals surface area contributed by atoms with E-state index in [1.165, 1.54) is 10.9 Å². The van der Waals surface area contributed by atoms with Crippen LogP contribution in [0.1, 0.15) is 17.0 Å². The number of aliphatic hydroxyl groups excluding tert-OH is 1. The predicted molar refractivity (Wildman–Crippen MR) is 63.7 cm³/mol. The lowest BCUT2D eigenvalue weighted by molar-refractivity contribution is -0.137. The van der Waals surface area contributed by atoms with Gasteiger partial charge in [0.25, 0.3) is 0 Å². The fourth-order valence-electron chi connectivity index (χ4n) is 1.83. The van der Waals surface area contributed by atoms with E-state index >= 15 is 0 Å². The minimum Gasteiger partial charge on any atom is -0.392 e. The van der Waals surface area contributed by atoms with E-state index < -0.39 is 17.8 Å². The van der Waals surface area contributed by atoms with Crippen molar-refractivity contribution in [2.45, 2.75) is 25.1 Å². The van der Waals surface area contributed by atoms with Gasteiger partial charge < -0.3 is 5.11 Å². The van der Waals surface area contributed by atoms with E-state index in [1.54, 1.807) is 13.1 Å². The van der Waals surface area contributed by atoms with Crippen LogP contribution < -0.4 is 0 Å². The first-order chi connectivity index (χ1) is 9.34. The molecule has 0 amide bonds. The van der Waals surface area contributed by atoms with Gasteiger partial charge in [-0.25, -0.2) is 0 Å². The van der Waals surface area contributed by atoms with Gasteiger partial charge in [0.15, 0.2) is 5.82 Å². The summed E-state index contributed by atoms with van der Waals surface area (Å²) >= 11 is 0. The third-order valence-corrected chi connectivity index (χ3v) is 2.69. The molecule has 0 aliphatic rings. The molecule has 0 aliphatic heterocycles. The molecule has 2 rings (SSSR count). The Kier molecular flexibility index (Phi) is 4.03. The molecular weight excluding hydrogens is 273 g/mol. The number of aryl methyl sites for hydroxylation is 1. The Morgan fingerprint density at radius 1 is 1.30 bits per heavy atom. The summed E-state index contributed by atoms with van der Waals surface area (Å²) in [6.45, 7) is 0. The average molecular weight is 286 g/mol. The van der Waals surface area contributed by atoms with E-state index in [0.29, 0.717) is 11.4 Å². The number of hydrogen-bond acceptors (Lipinski definition) is 4. The Bertz CT molecular complexity index is 582. The second-order valence-corrected chi connectivity index (χ2v) is 4.46. The van der Waals surface area contributed by atoms with Crippen LogP contribution in [0, 0.1) is 0 Å². The van der Waals surface area contributed by atoms with Gasteiger partial charge in [0.2, 0.25) is 0 Å². The van der Waals surface area contributed by atoms with Crippen molar-refractivity contribution < 1.29 is 18.3 Å². The topological polar surface area (TPSA) is 63.8 Å². The summed E-state index contributed by atoms with van der Waals surface area (Å²) in [5.74, 6) is 0.354. The smallest absolute Gasteiger partial charge is 0.392 e. The fraction of sp³-hybridized carbons (Fsp3) is 0.417. The highest BCUT2D eigenvalue weighted by Crippen LogP contribution is 2.29. The number of alkyl halides is 3. The summed E-state index contributed by atoms with van der Waals surface area (Å²) in [6, 6.07) is 4.90. The van der Waals surface area contributed by atoms with Crippen LogP contribution in [0.2, 0.25) is 0 Å². The van der Waals surface area contributed by atoms with E-state index in [4.69, 9.17) is 0 Å². The number of hydrogen-bond donors (Lipinski definition) is 1. The third kappa shape index (κ3) is 3.77. The van der Waals surface area contributed by atoms with Crippen LogP contribution in [0.25, 0.3) is 0 Å². The van der Waals surface area contributed by atoms with E-state index in [9.17, 15) is 18.3 Å². The summed E-state index contributed by atoms with van der Waals surface area (Å²) in [7, 11) is 1.59. The van der Waals surface area contributed by atoms with Crippen LogP contribution in [0.3, 0.4) is 0 Å². The van der Waals surface area contributed by atoms with E-state index in [1.807, 2.05) is 0 Å². The molecule has 1 N–H and O–H groups in total. The fourth-order valence-corrected chi connectivity index (χ4v) is 1.83. The zero-order valence-corrected chi connectivity index (χ0v) is 10.7. The first kappa shape index (κ1) is 14.4. The molecule has 1 heterocycles. The van der Waals surface area contributed by atoms with Crippen molar-refractivity contribution >= 4 is 0 Å². The summed E-state index contributed by atoms with van der Waals surface area (Å²) in [6.07, 6.45) is -5.00. The normalized spacial score (nSPS) is 13.4. The zero-order chi connectivity index (χ0) is 14.8. The van der Waals surface area contributed by atoms with Crippen LogP contribution >= 0.6 is 0 Å². The monoisotopic (exact) mass is 286 g/mol. The average Bonchev–Trinajstić information content (AvgIpc) is 2.73. The molecule has 0 saturated carbocycles. The number of tetrazole rings is 1. The Morgan fingerprint density at radius 3 is 2.65 bits per heavy atom. The Hall–Kier alpha value is -1.96. The molecular formula is C12H13F3N4O. The number of nitrogens with zero attached hydrogens (tertiary/aromatic N) is 4. The van der Waals surface area contributed by atoms with Crippen LogP contribution in [-0.4, -0.2) is 31.4 Å². The quantitative estimate of drug-likeness (QED) is 0.922. The Labute approximate surface area is 113 Å². The van der Waals surface area contributed by atoms with Gasteiger partial charge in [-0.3, -0.25) is 0 Å². The Balaban J connectivity index is 2.02. The number of rotatable bonds is 4. The minimum atomic E-state index is -4.38. The summed E-state index contributed by atoms with van der Waals surface area (Å²) < 4.78 is 37.7. The van der Waals surface area contributed by atoms with Crippen molar-refractivity contribution in [3.8, 4) is 0 Å². The molecule has 2 aromatic rings. The lowest BCUT2D eigenvalue weighted by atomic mass is 10.0. The maximum absolute atomic E-state index is 12.6. The van der Waals surface area contributed by atoms with Crippen molar-refractivity contribution in [3.05, 3.63) is 41.2 Å². The molecule has 1 unspecified atom stereocenters. The number of aromatic nitrogens is 4. The van der Waals surface area contributed by atoms with Crippen molar-refractivity contribution in [1.29, 1.82) is 0 Å². The van der Waals surface area contributed by atoms with Gasteiger partial charge in [0, 0.05) is 6.42 Å². The molecule has 0 aliphatic carbocycles. The molecule has 108 valence electrons. The Morgan fingerprint density at radius 2 is 2.05 bits per heavy atom. The molecule has 20 heavy (non-hydrogen) atoms. The van der Waals surface area contributed by atoms with Crippen molar-refractivity contribution in [2.24, 2.45) is 7.05 Å². The molecule has 1 atom stereocenters. The lowest BCUT2D eigenvalue weighted by Gasteiger charge is -2.11. The number of aliphatic hydroxyl groups is 1. The molecule has 0 radical (unpaired) electrons. The third-order valence-electron chi connectivity index (χ3n) is 2.69. The van der Waals surface area contributed by atoms with Gasteiger partial charge in [-0.05, 0) is 23.3 Å². The van der Waals surface area contributed by atoms with Gasteiger partial charge in [-0.1, -0.05) is 18.2 Å². The second-order valence-electron chi connectivity index (χ2n) is 4.46.